The van der Waals surface area contributed by atoms with Gasteiger partial charge < -0.3 is 15.6 Å². The van der Waals surface area contributed by atoms with Gasteiger partial charge in [-0.05, 0) is 32.4 Å². The Morgan fingerprint density at radius 1 is 1.48 bits per heavy atom. The lowest BCUT2D eigenvalue weighted by Gasteiger charge is -2.07. The van der Waals surface area contributed by atoms with Gasteiger partial charge in [-0.3, -0.25) is 9.78 Å². The van der Waals surface area contributed by atoms with Crippen molar-refractivity contribution in [1.29, 1.82) is 0 Å². The summed E-state index contributed by atoms with van der Waals surface area (Å²) in [5.74, 6) is 6.52. The number of nitrogens with zero attached hydrogens (tertiary/aromatic N) is 1. The van der Waals surface area contributed by atoms with Crippen molar-refractivity contribution in [2.45, 2.75) is 25.8 Å². The summed E-state index contributed by atoms with van der Waals surface area (Å²) in [4.78, 5) is 18.8. The Morgan fingerprint density at radius 2 is 2.35 bits per heavy atom. The molecule has 0 spiro atoms. The van der Waals surface area contributed by atoms with E-state index < -0.39 is 0 Å². The van der Waals surface area contributed by atoms with Crippen LogP contribution >= 0.6 is 0 Å². The van der Waals surface area contributed by atoms with Gasteiger partial charge in [-0.15, -0.1) is 0 Å². The van der Waals surface area contributed by atoms with E-state index in [2.05, 4.69) is 32.4 Å². The first-order valence-electron chi connectivity index (χ1n) is 7.79. The van der Waals surface area contributed by atoms with Gasteiger partial charge in [-0.1, -0.05) is 11.8 Å². The molecule has 1 atom stereocenters. The predicted molar refractivity (Wildman–Crippen MR) is 91.6 cm³/mol. The Kier molecular flexibility index (Phi) is 4.45. The van der Waals surface area contributed by atoms with Crippen LogP contribution in [0.5, 0.6) is 0 Å². The molecule has 3 heterocycles. The highest BCUT2D eigenvalue weighted by atomic mass is 16.1. The van der Waals surface area contributed by atoms with Crippen LogP contribution in [-0.4, -0.2) is 35.9 Å². The molecule has 3 N–H and O–H groups in total. The fraction of sp³-hybridized carbons (Fsp3) is 0.333. The number of nitrogens with one attached hydrogen (secondary N) is 3. The molecule has 1 saturated heterocycles. The molecule has 2 aromatic rings. The molecule has 0 bridgehead atoms. The largest absolute Gasteiger partial charge is 0.386 e. The van der Waals surface area contributed by atoms with Crippen LogP contribution in [0.25, 0.3) is 11.3 Å². The number of pyridine rings is 1. The normalized spacial score (nSPS) is 16.7. The highest BCUT2D eigenvalue weighted by molar-refractivity contribution is 5.94. The molecule has 5 nitrogen and oxygen atoms in total. The number of aldehydes is 1. The van der Waals surface area contributed by atoms with Gasteiger partial charge in [0.1, 0.15) is 0 Å². The monoisotopic (exact) mass is 308 g/mol. The number of H-pyrrole nitrogens is 1. The smallest absolute Gasteiger partial charge is 0.153 e. The van der Waals surface area contributed by atoms with Gasteiger partial charge in [-0.25, -0.2) is 0 Å². The molecule has 5 heteroatoms. The first-order valence-corrected chi connectivity index (χ1v) is 7.79. The van der Waals surface area contributed by atoms with Gasteiger partial charge in [0, 0.05) is 30.7 Å². The van der Waals surface area contributed by atoms with Crippen LogP contribution in [0.15, 0.2) is 18.5 Å². The number of aryl methyl sites for hydroxylation is 1. The topological polar surface area (TPSA) is 69.8 Å². The van der Waals surface area contributed by atoms with E-state index in [0.29, 0.717) is 5.56 Å². The zero-order chi connectivity index (χ0) is 16.2. The number of anilines is 1. The second kappa shape index (κ2) is 6.67. The van der Waals surface area contributed by atoms with Crippen LogP contribution in [0.4, 0.5) is 5.69 Å². The molecule has 1 aliphatic rings. The predicted octanol–water partition coefficient (Wildman–Crippen LogP) is 2.34. The Labute approximate surface area is 135 Å². The number of aromatic nitrogens is 2. The van der Waals surface area contributed by atoms with Gasteiger partial charge in [0.05, 0.1) is 28.6 Å². The molecule has 23 heavy (non-hydrogen) atoms. The Hall–Kier alpha value is -2.58. The van der Waals surface area contributed by atoms with E-state index in [-0.39, 0.29) is 6.04 Å². The summed E-state index contributed by atoms with van der Waals surface area (Å²) in [6.07, 6.45) is 6.64. The first-order chi connectivity index (χ1) is 11.2. The molecule has 118 valence electrons. The minimum Gasteiger partial charge on any atom is -0.386 e. The summed E-state index contributed by atoms with van der Waals surface area (Å²) in [5, 5.41) is 6.49. The zero-order valence-corrected chi connectivity index (χ0v) is 13.4. The van der Waals surface area contributed by atoms with Gasteiger partial charge in [-0.2, -0.15) is 0 Å². The minimum atomic E-state index is 0.253. The van der Waals surface area contributed by atoms with Gasteiger partial charge in [0.2, 0.25) is 0 Å². The average molecular weight is 308 g/mol. The average Bonchev–Trinajstić information content (AvgIpc) is 3.20. The van der Waals surface area contributed by atoms with Crippen molar-refractivity contribution in [3.8, 4) is 23.1 Å². The van der Waals surface area contributed by atoms with Crippen molar-refractivity contribution in [1.82, 2.24) is 15.3 Å². The van der Waals surface area contributed by atoms with Crippen molar-refractivity contribution in [2.75, 3.05) is 18.9 Å². The maximum absolute atomic E-state index is 11.3. The number of carbonyl (C=O) groups is 1. The Morgan fingerprint density at radius 3 is 3.04 bits per heavy atom. The number of carbonyl (C=O) groups excluding carboxylic acids is 1. The van der Waals surface area contributed by atoms with Crippen molar-refractivity contribution >= 4 is 12.0 Å². The van der Waals surface area contributed by atoms with Gasteiger partial charge >= 0.3 is 0 Å². The summed E-state index contributed by atoms with van der Waals surface area (Å²) in [6.45, 7) is 2.92. The molecular formula is C18H20N4O. The third-order valence-electron chi connectivity index (χ3n) is 4.14. The standard InChI is InChI=1S/C18H20N4O/c1-12-16(11-23)17(19-2)18(22-12)15-7-9-20-10-13(15)5-6-14-4-3-8-21-14/h7,9-11,14,19,21-22H,3-4,8H2,1-2H3. The first kappa shape index (κ1) is 15.3. The maximum Gasteiger partial charge on any atom is 0.153 e. The van der Waals surface area contributed by atoms with E-state index in [4.69, 9.17) is 0 Å². The van der Waals surface area contributed by atoms with Crippen molar-refractivity contribution in [3.05, 3.63) is 35.3 Å². The molecule has 1 fully saturated rings. The number of rotatable bonds is 3. The Bertz CT molecular complexity index is 776. The van der Waals surface area contributed by atoms with Crippen LogP contribution in [0, 0.1) is 18.8 Å². The molecule has 0 saturated carbocycles. The summed E-state index contributed by atoms with van der Waals surface area (Å²) in [5.41, 5.74) is 4.97. The Balaban J connectivity index is 2.05. The highest BCUT2D eigenvalue weighted by Crippen LogP contribution is 2.33. The van der Waals surface area contributed by atoms with Gasteiger partial charge in [0.15, 0.2) is 6.29 Å². The van der Waals surface area contributed by atoms with Crippen molar-refractivity contribution < 1.29 is 4.79 Å². The molecule has 2 aromatic heterocycles. The number of hydrogen-bond acceptors (Lipinski definition) is 4. The van der Waals surface area contributed by atoms with Crippen molar-refractivity contribution in [3.63, 3.8) is 0 Å². The molecular weight excluding hydrogens is 288 g/mol. The SMILES string of the molecule is CNc1c(-c2ccncc2C#CC2CCCN2)[nH]c(C)c1C=O. The van der Waals surface area contributed by atoms with Crippen LogP contribution in [0.2, 0.25) is 0 Å². The molecule has 1 unspecified atom stereocenters. The summed E-state index contributed by atoms with van der Waals surface area (Å²) < 4.78 is 0. The number of aromatic amines is 1. The fourth-order valence-corrected chi connectivity index (χ4v) is 2.93. The van der Waals surface area contributed by atoms with E-state index in [0.717, 1.165) is 47.5 Å². The van der Waals surface area contributed by atoms with E-state index in [1.807, 2.05) is 20.0 Å². The molecule has 3 rings (SSSR count). The van der Waals surface area contributed by atoms with E-state index >= 15 is 0 Å². The third kappa shape index (κ3) is 2.99. The lowest BCUT2D eigenvalue weighted by molar-refractivity contribution is 0.112. The maximum atomic E-state index is 11.3. The third-order valence-corrected chi connectivity index (χ3v) is 4.14. The second-order valence-electron chi connectivity index (χ2n) is 5.62. The molecule has 0 aliphatic carbocycles. The highest BCUT2D eigenvalue weighted by Gasteiger charge is 2.17. The second-order valence-corrected chi connectivity index (χ2v) is 5.62. The fourth-order valence-electron chi connectivity index (χ4n) is 2.93. The summed E-state index contributed by atoms with van der Waals surface area (Å²) in [6, 6.07) is 2.18. The summed E-state index contributed by atoms with van der Waals surface area (Å²) >= 11 is 0. The molecule has 0 radical (unpaired) electrons. The van der Waals surface area contributed by atoms with E-state index in [1.54, 1.807) is 12.4 Å². The molecule has 0 amide bonds. The molecule has 1 aliphatic heterocycles. The van der Waals surface area contributed by atoms with Crippen LogP contribution in [0.3, 0.4) is 0 Å². The number of hydrogen-bond donors (Lipinski definition) is 3. The quantitative estimate of drug-likeness (QED) is 0.601. The lowest BCUT2D eigenvalue weighted by Crippen LogP contribution is -2.18. The van der Waals surface area contributed by atoms with Crippen LogP contribution in [0.1, 0.15) is 34.5 Å². The van der Waals surface area contributed by atoms with E-state index in [1.165, 1.54) is 6.42 Å². The van der Waals surface area contributed by atoms with Crippen molar-refractivity contribution in [2.24, 2.45) is 0 Å². The zero-order valence-electron chi connectivity index (χ0n) is 13.4. The van der Waals surface area contributed by atoms with Gasteiger partial charge in [0.25, 0.3) is 0 Å². The minimum absolute atomic E-state index is 0.253. The van der Waals surface area contributed by atoms with E-state index in [9.17, 15) is 4.79 Å². The molecule has 0 aromatic carbocycles. The van der Waals surface area contributed by atoms with Crippen LogP contribution in [-0.2, 0) is 0 Å². The van der Waals surface area contributed by atoms with Crippen LogP contribution < -0.4 is 10.6 Å². The summed E-state index contributed by atoms with van der Waals surface area (Å²) in [7, 11) is 1.81. The lowest BCUT2D eigenvalue weighted by atomic mass is 10.0.